The van der Waals surface area contributed by atoms with Gasteiger partial charge in [0.15, 0.2) is 0 Å². The zero-order chi connectivity index (χ0) is 10.6. The molecule has 0 aromatic carbocycles. The number of rotatable bonds is 6. The van der Waals surface area contributed by atoms with Gasteiger partial charge in [0.05, 0.1) is 0 Å². The molecule has 0 amide bonds. The SMILES string of the molecule is CCC(C)CC1(CNC(C)C)CCC1. The molecule has 0 saturated heterocycles. The van der Waals surface area contributed by atoms with Gasteiger partial charge in [0, 0.05) is 12.6 Å². The molecule has 0 aromatic rings. The van der Waals surface area contributed by atoms with Crippen molar-refractivity contribution in [2.24, 2.45) is 11.3 Å². The zero-order valence-corrected chi connectivity index (χ0v) is 10.4. The van der Waals surface area contributed by atoms with E-state index in [4.69, 9.17) is 0 Å². The minimum atomic E-state index is 0.643. The second-order valence-corrected chi connectivity index (χ2v) is 5.61. The van der Waals surface area contributed by atoms with Gasteiger partial charge in [-0.3, -0.25) is 0 Å². The molecule has 1 atom stereocenters. The molecule has 0 bridgehead atoms. The second kappa shape index (κ2) is 5.16. The van der Waals surface area contributed by atoms with Crippen molar-refractivity contribution in [1.82, 2.24) is 5.32 Å². The van der Waals surface area contributed by atoms with Crippen LogP contribution in [-0.4, -0.2) is 12.6 Å². The molecule has 1 aliphatic carbocycles. The van der Waals surface area contributed by atoms with Gasteiger partial charge in [0.1, 0.15) is 0 Å². The van der Waals surface area contributed by atoms with Crippen molar-refractivity contribution in [3.63, 3.8) is 0 Å². The first-order chi connectivity index (χ1) is 6.58. The standard InChI is InChI=1S/C13H27N/c1-5-12(4)9-13(7-6-8-13)10-14-11(2)3/h11-12,14H,5-10H2,1-4H3. The molecule has 1 aliphatic rings. The van der Waals surface area contributed by atoms with E-state index in [-0.39, 0.29) is 0 Å². The number of hydrogen-bond acceptors (Lipinski definition) is 1. The van der Waals surface area contributed by atoms with E-state index in [9.17, 15) is 0 Å². The van der Waals surface area contributed by atoms with E-state index < -0.39 is 0 Å². The van der Waals surface area contributed by atoms with E-state index >= 15 is 0 Å². The third kappa shape index (κ3) is 3.27. The minimum Gasteiger partial charge on any atom is -0.314 e. The maximum atomic E-state index is 3.62. The van der Waals surface area contributed by atoms with Crippen LogP contribution in [-0.2, 0) is 0 Å². The van der Waals surface area contributed by atoms with Gasteiger partial charge in [-0.25, -0.2) is 0 Å². The fourth-order valence-corrected chi connectivity index (χ4v) is 2.43. The van der Waals surface area contributed by atoms with Crippen molar-refractivity contribution in [1.29, 1.82) is 0 Å². The molecule has 0 radical (unpaired) electrons. The van der Waals surface area contributed by atoms with E-state index in [0.717, 1.165) is 5.92 Å². The van der Waals surface area contributed by atoms with Crippen LogP contribution >= 0.6 is 0 Å². The van der Waals surface area contributed by atoms with E-state index in [1.807, 2.05) is 0 Å². The van der Waals surface area contributed by atoms with E-state index in [0.29, 0.717) is 11.5 Å². The predicted molar refractivity (Wildman–Crippen MR) is 63.5 cm³/mol. The molecule has 0 aliphatic heterocycles. The Bertz CT molecular complexity index is 159. The van der Waals surface area contributed by atoms with Crippen molar-refractivity contribution < 1.29 is 0 Å². The van der Waals surface area contributed by atoms with E-state index in [1.165, 1.54) is 38.6 Å². The van der Waals surface area contributed by atoms with Crippen LogP contribution in [0, 0.1) is 11.3 Å². The molecule has 1 saturated carbocycles. The quantitative estimate of drug-likeness (QED) is 0.686. The van der Waals surface area contributed by atoms with Crippen LogP contribution in [0.4, 0.5) is 0 Å². The molecule has 0 heterocycles. The second-order valence-electron chi connectivity index (χ2n) is 5.61. The van der Waals surface area contributed by atoms with Crippen molar-refractivity contribution >= 4 is 0 Å². The van der Waals surface area contributed by atoms with Gasteiger partial charge in [-0.15, -0.1) is 0 Å². The summed E-state index contributed by atoms with van der Waals surface area (Å²) in [5.41, 5.74) is 0.666. The molecule has 84 valence electrons. The van der Waals surface area contributed by atoms with Crippen molar-refractivity contribution in [3.05, 3.63) is 0 Å². The summed E-state index contributed by atoms with van der Waals surface area (Å²) in [7, 11) is 0. The smallest absolute Gasteiger partial charge is 0.00106 e. The molecule has 0 spiro atoms. The van der Waals surface area contributed by atoms with Crippen LogP contribution in [0.25, 0.3) is 0 Å². The fourth-order valence-electron chi connectivity index (χ4n) is 2.43. The summed E-state index contributed by atoms with van der Waals surface area (Å²) in [4.78, 5) is 0. The third-order valence-electron chi connectivity index (χ3n) is 3.78. The Labute approximate surface area is 89.7 Å². The number of hydrogen-bond donors (Lipinski definition) is 1. The van der Waals surface area contributed by atoms with Crippen LogP contribution in [0.15, 0.2) is 0 Å². The summed E-state index contributed by atoms with van der Waals surface area (Å²) < 4.78 is 0. The summed E-state index contributed by atoms with van der Waals surface area (Å²) >= 11 is 0. The van der Waals surface area contributed by atoms with Crippen LogP contribution in [0.3, 0.4) is 0 Å². The lowest BCUT2D eigenvalue weighted by molar-refractivity contribution is 0.0912. The van der Waals surface area contributed by atoms with Crippen LogP contribution in [0.5, 0.6) is 0 Å². The molecule has 1 fully saturated rings. The molecule has 1 unspecified atom stereocenters. The summed E-state index contributed by atoms with van der Waals surface area (Å²) in [5.74, 6) is 0.907. The average molecular weight is 197 g/mol. The summed E-state index contributed by atoms with van der Waals surface area (Å²) in [6.07, 6.45) is 7.14. The normalized spacial score (nSPS) is 22.1. The summed E-state index contributed by atoms with van der Waals surface area (Å²) in [6, 6.07) is 0.643. The first-order valence-electron chi connectivity index (χ1n) is 6.31. The van der Waals surface area contributed by atoms with Crippen molar-refractivity contribution in [2.75, 3.05) is 6.54 Å². The van der Waals surface area contributed by atoms with E-state index in [1.54, 1.807) is 0 Å². The molecule has 1 N–H and O–H groups in total. The Morgan fingerprint density at radius 2 is 1.86 bits per heavy atom. The largest absolute Gasteiger partial charge is 0.314 e. The van der Waals surface area contributed by atoms with Gasteiger partial charge >= 0.3 is 0 Å². The van der Waals surface area contributed by atoms with Crippen molar-refractivity contribution in [2.45, 2.75) is 65.8 Å². The lowest BCUT2D eigenvalue weighted by atomic mass is 9.64. The first kappa shape index (κ1) is 12.0. The lowest BCUT2D eigenvalue weighted by Crippen LogP contribution is -2.43. The van der Waals surface area contributed by atoms with Gasteiger partial charge in [0.25, 0.3) is 0 Å². The molecule has 1 heteroatoms. The van der Waals surface area contributed by atoms with Gasteiger partial charge in [-0.1, -0.05) is 40.5 Å². The monoisotopic (exact) mass is 197 g/mol. The van der Waals surface area contributed by atoms with Gasteiger partial charge < -0.3 is 5.32 Å². The lowest BCUT2D eigenvalue weighted by Gasteiger charge is -2.44. The van der Waals surface area contributed by atoms with Gasteiger partial charge in [-0.2, -0.15) is 0 Å². The highest BCUT2D eigenvalue weighted by Crippen LogP contribution is 2.45. The summed E-state index contributed by atoms with van der Waals surface area (Å²) in [6.45, 7) is 10.4. The molecule has 0 aromatic heterocycles. The average Bonchev–Trinajstić information content (AvgIpc) is 2.08. The van der Waals surface area contributed by atoms with Crippen molar-refractivity contribution in [3.8, 4) is 0 Å². The van der Waals surface area contributed by atoms with Crippen LogP contribution in [0.2, 0.25) is 0 Å². The maximum absolute atomic E-state index is 3.62. The first-order valence-corrected chi connectivity index (χ1v) is 6.31. The maximum Gasteiger partial charge on any atom is 0.00106 e. The zero-order valence-electron chi connectivity index (χ0n) is 10.4. The Morgan fingerprint density at radius 3 is 2.21 bits per heavy atom. The Balaban J connectivity index is 2.33. The van der Waals surface area contributed by atoms with Crippen LogP contribution < -0.4 is 5.32 Å². The molecular formula is C13H27N. The molecule has 14 heavy (non-hydrogen) atoms. The van der Waals surface area contributed by atoms with E-state index in [2.05, 4.69) is 33.0 Å². The van der Waals surface area contributed by atoms with Crippen LogP contribution in [0.1, 0.15) is 59.8 Å². The third-order valence-corrected chi connectivity index (χ3v) is 3.78. The fraction of sp³-hybridized carbons (Fsp3) is 1.00. The highest BCUT2D eigenvalue weighted by atomic mass is 14.9. The highest BCUT2D eigenvalue weighted by molar-refractivity contribution is 4.90. The Hall–Kier alpha value is -0.0400. The summed E-state index contributed by atoms with van der Waals surface area (Å²) in [5, 5.41) is 3.62. The topological polar surface area (TPSA) is 12.0 Å². The minimum absolute atomic E-state index is 0.643. The molecule has 1 rings (SSSR count). The van der Waals surface area contributed by atoms with Gasteiger partial charge in [0.2, 0.25) is 0 Å². The molecule has 1 nitrogen and oxygen atoms in total. The Kier molecular flexibility index (Phi) is 4.43. The van der Waals surface area contributed by atoms with Gasteiger partial charge in [-0.05, 0) is 30.6 Å². The molecular weight excluding hydrogens is 170 g/mol. The Morgan fingerprint density at radius 1 is 1.21 bits per heavy atom. The number of nitrogens with one attached hydrogen (secondary N) is 1. The highest BCUT2D eigenvalue weighted by Gasteiger charge is 2.37. The predicted octanol–water partition coefficient (Wildman–Crippen LogP) is 3.59.